The number of hydrogen-bond acceptors (Lipinski definition) is 4. The molecule has 2 N–H and O–H groups in total. The lowest BCUT2D eigenvalue weighted by Crippen LogP contribution is -2.04. The van der Waals surface area contributed by atoms with Gasteiger partial charge in [-0.1, -0.05) is 6.07 Å². The molecule has 0 saturated carbocycles. The summed E-state index contributed by atoms with van der Waals surface area (Å²) in [6.07, 6.45) is 1.72. The number of nitrogen functional groups attached to an aromatic ring is 1. The number of rotatable bonds is 1. The van der Waals surface area contributed by atoms with Gasteiger partial charge in [0.05, 0.1) is 5.69 Å². The second kappa shape index (κ2) is 4.08. The molecule has 2 heterocycles. The van der Waals surface area contributed by atoms with E-state index in [1.807, 2.05) is 19.9 Å². The molecular formula is C12H13FN4. The van der Waals surface area contributed by atoms with Crippen molar-refractivity contribution in [1.29, 1.82) is 0 Å². The summed E-state index contributed by atoms with van der Waals surface area (Å²) in [4.78, 5) is 12.2. The molecule has 0 unspecified atom stereocenters. The Balaban J connectivity index is 2.61. The molecule has 5 heteroatoms. The fraction of sp³-hybridized carbons (Fsp3) is 0.250. The van der Waals surface area contributed by atoms with Crippen molar-refractivity contribution in [2.75, 3.05) is 5.73 Å². The predicted octanol–water partition coefficient (Wildman–Crippen LogP) is 2.19. The number of nitrogens with two attached hydrogens (primary N) is 1. The summed E-state index contributed by atoms with van der Waals surface area (Å²) >= 11 is 0. The number of pyridine rings is 1. The third-order valence-electron chi connectivity index (χ3n) is 2.47. The topological polar surface area (TPSA) is 64.7 Å². The van der Waals surface area contributed by atoms with Crippen LogP contribution in [0.25, 0.3) is 11.5 Å². The summed E-state index contributed by atoms with van der Waals surface area (Å²) in [5, 5.41) is 0. The molecular weight excluding hydrogens is 219 g/mol. The van der Waals surface area contributed by atoms with Crippen molar-refractivity contribution in [2.45, 2.75) is 20.8 Å². The Labute approximate surface area is 98.7 Å². The van der Waals surface area contributed by atoms with Gasteiger partial charge in [-0.25, -0.2) is 14.4 Å². The summed E-state index contributed by atoms with van der Waals surface area (Å²) in [6.45, 7) is 5.42. The van der Waals surface area contributed by atoms with E-state index in [2.05, 4.69) is 15.0 Å². The van der Waals surface area contributed by atoms with Crippen molar-refractivity contribution in [3.8, 4) is 11.5 Å². The van der Waals surface area contributed by atoms with Crippen LogP contribution in [-0.4, -0.2) is 15.0 Å². The standard InChI is InChI=1S/C12H13FN4/c1-6-4-7(2)10(15-5-6)12-16-8(3)9(13)11(14)17-12/h4-5H,1-3H3,(H2,14,16,17). The highest BCUT2D eigenvalue weighted by molar-refractivity contribution is 5.57. The Hall–Kier alpha value is -2.04. The van der Waals surface area contributed by atoms with Crippen molar-refractivity contribution in [1.82, 2.24) is 15.0 Å². The molecule has 17 heavy (non-hydrogen) atoms. The van der Waals surface area contributed by atoms with Gasteiger partial charge in [-0.05, 0) is 31.9 Å². The third-order valence-corrected chi connectivity index (χ3v) is 2.47. The molecule has 0 radical (unpaired) electrons. The molecule has 2 rings (SSSR count). The smallest absolute Gasteiger partial charge is 0.186 e. The average molecular weight is 232 g/mol. The number of aryl methyl sites for hydroxylation is 3. The van der Waals surface area contributed by atoms with Crippen LogP contribution in [0.3, 0.4) is 0 Å². The molecule has 0 spiro atoms. The van der Waals surface area contributed by atoms with E-state index in [9.17, 15) is 4.39 Å². The second-order valence-corrected chi connectivity index (χ2v) is 4.01. The van der Waals surface area contributed by atoms with Crippen LogP contribution in [0.15, 0.2) is 12.3 Å². The second-order valence-electron chi connectivity index (χ2n) is 4.01. The number of hydrogen-bond donors (Lipinski definition) is 1. The lowest BCUT2D eigenvalue weighted by molar-refractivity contribution is 0.608. The van der Waals surface area contributed by atoms with Crippen LogP contribution >= 0.6 is 0 Å². The SMILES string of the molecule is Cc1cnc(-c2nc(C)c(F)c(N)n2)c(C)c1. The van der Waals surface area contributed by atoms with E-state index in [0.717, 1.165) is 11.1 Å². The maximum atomic E-state index is 13.3. The summed E-state index contributed by atoms with van der Waals surface area (Å²) in [5.74, 6) is -0.355. The van der Waals surface area contributed by atoms with E-state index in [1.165, 1.54) is 0 Å². The third kappa shape index (κ3) is 2.08. The van der Waals surface area contributed by atoms with Crippen LogP contribution in [-0.2, 0) is 0 Å². The van der Waals surface area contributed by atoms with Crippen LogP contribution in [0.4, 0.5) is 10.2 Å². The molecule has 4 nitrogen and oxygen atoms in total. The summed E-state index contributed by atoms with van der Waals surface area (Å²) in [5.41, 5.74) is 8.34. The Kier molecular flexibility index (Phi) is 2.75. The predicted molar refractivity (Wildman–Crippen MR) is 63.8 cm³/mol. The highest BCUT2D eigenvalue weighted by atomic mass is 19.1. The fourth-order valence-electron chi connectivity index (χ4n) is 1.64. The van der Waals surface area contributed by atoms with Gasteiger partial charge in [0, 0.05) is 6.20 Å². The molecule has 0 amide bonds. The van der Waals surface area contributed by atoms with Crippen LogP contribution in [0.5, 0.6) is 0 Å². The Morgan fingerprint density at radius 1 is 1.18 bits per heavy atom. The molecule has 88 valence electrons. The minimum Gasteiger partial charge on any atom is -0.381 e. The molecule has 0 aliphatic heterocycles. The first-order valence-electron chi connectivity index (χ1n) is 5.22. The lowest BCUT2D eigenvalue weighted by atomic mass is 10.1. The Bertz CT molecular complexity index is 558. The van der Waals surface area contributed by atoms with Gasteiger partial charge >= 0.3 is 0 Å². The number of nitrogens with zero attached hydrogens (tertiary/aromatic N) is 3. The molecule has 0 atom stereocenters. The van der Waals surface area contributed by atoms with Gasteiger partial charge in [0.15, 0.2) is 17.5 Å². The maximum absolute atomic E-state index is 13.3. The Morgan fingerprint density at radius 2 is 1.88 bits per heavy atom. The molecule has 0 fully saturated rings. The van der Waals surface area contributed by atoms with Crippen molar-refractivity contribution in [2.24, 2.45) is 0 Å². The van der Waals surface area contributed by atoms with Crippen molar-refractivity contribution >= 4 is 5.82 Å². The summed E-state index contributed by atoms with van der Waals surface area (Å²) in [7, 11) is 0. The molecule has 2 aromatic rings. The maximum Gasteiger partial charge on any atom is 0.186 e. The van der Waals surface area contributed by atoms with Crippen LogP contribution < -0.4 is 5.73 Å². The molecule has 0 aromatic carbocycles. The highest BCUT2D eigenvalue weighted by Gasteiger charge is 2.12. The highest BCUT2D eigenvalue weighted by Crippen LogP contribution is 2.21. The fourth-order valence-corrected chi connectivity index (χ4v) is 1.64. The minimum atomic E-state index is -0.571. The van der Waals surface area contributed by atoms with Crippen LogP contribution in [0.2, 0.25) is 0 Å². The van der Waals surface area contributed by atoms with Crippen LogP contribution in [0, 0.1) is 26.6 Å². The summed E-state index contributed by atoms with van der Waals surface area (Å²) < 4.78 is 13.3. The van der Waals surface area contributed by atoms with E-state index in [-0.39, 0.29) is 11.5 Å². The van der Waals surface area contributed by atoms with E-state index in [0.29, 0.717) is 11.5 Å². The van der Waals surface area contributed by atoms with Crippen molar-refractivity contribution in [3.63, 3.8) is 0 Å². The summed E-state index contributed by atoms with van der Waals surface area (Å²) in [6, 6.07) is 1.97. The zero-order valence-corrected chi connectivity index (χ0v) is 9.95. The normalized spacial score (nSPS) is 10.6. The van der Waals surface area contributed by atoms with Gasteiger partial charge in [-0.15, -0.1) is 0 Å². The zero-order chi connectivity index (χ0) is 12.6. The molecule has 2 aromatic heterocycles. The minimum absolute atomic E-state index is 0.144. The first-order chi connectivity index (χ1) is 7.99. The van der Waals surface area contributed by atoms with Gasteiger partial charge in [-0.3, -0.25) is 4.98 Å². The van der Waals surface area contributed by atoms with Gasteiger partial charge in [0.2, 0.25) is 0 Å². The monoisotopic (exact) mass is 232 g/mol. The largest absolute Gasteiger partial charge is 0.381 e. The Morgan fingerprint density at radius 3 is 2.47 bits per heavy atom. The number of anilines is 1. The number of halogens is 1. The zero-order valence-electron chi connectivity index (χ0n) is 9.95. The quantitative estimate of drug-likeness (QED) is 0.818. The first kappa shape index (κ1) is 11.4. The van der Waals surface area contributed by atoms with Gasteiger partial charge in [0.1, 0.15) is 5.69 Å². The molecule has 0 aliphatic carbocycles. The van der Waals surface area contributed by atoms with E-state index < -0.39 is 5.82 Å². The number of aromatic nitrogens is 3. The van der Waals surface area contributed by atoms with Crippen molar-refractivity contribution < 1.29 is 4.39 Å². The average Bonchev–Trinajstić information content (AvgIpc) is 2.25. The molecule has 0 saturated heterocycles. The van der Waals surface area contributed by atoms with Gasteiger partial charge in [0.25, 0.3) is 0 Å². The molecule has 0 bridgehead atoms. The van der Waals surface area contributed by atoms with Crippen molar-refractivity contribution in [3.05, 3.63) is 34.9 Å². The van der Waals surface area contributed by atoms with E-state index >= 15 is 0 Å². The van der Waals surface area contributed by atoms with Gasteiger partial charge < -0.3 is 5.73 Å². The molecule has 0 aliphatic rings. The van der Waals surface area contributed by atoms with Gasteiger partial charge in [-0.2, -0.15) is 0 Å². The first-order valence-corrected chi connectivity index (χ1v) is 5.22. The van der Waals surface area contributed by atoms with E-state index in [4.69, 9.17) is 5.73 Å². The van der Waals surface area contributed by atoms with Crippen LogP contribution in [0.1, 0.15) is 16.8 Å². The lowest BCUT2D eigenvalue weighted by Gasteiger charge is -2.07. The van der Waals surface area contributed by atoms with E-state index in [1.54, 1.807) is 13.1 Å².